The molecule has 0 unspecified atom stereocenters. The van der Waals surface area contributed by atoms with E-state index in [9.17, 15) is 12.8 Å². The van der Waals surface area contributed by atoms with Gasteiger partial charge in [-0.15, -0.1) is 0 Å². The van der Waals surface area contributed by atoms with Crippen LogP contribution < -0.4 is 10.5 Å². The molecule has 0 aliphatic heterocycles. The quantitative estimate of drug-likeness (QED) is 0.577. The summed E-state index contributed by atoms with van der Waals surface area (Å²) in [5.74, 6) is -0.854. The van der Waals surface area contributed by atoms with Gasteiger partial charge in [-0.2, -0.15) is 0 Å². The summed E-state index contributed by atoms with van der Waals surface area (Å²) < 4.78 is 44.4. The minimum Gasteiger partial charge on any atom is -0.399 e. The zero-order valence-electron chi connectivity index (χ0n) is 10.1. The highest BCUT2D eigenvalue weighted by atomic mass is 32.2. The van der Waals surface area contributed by atoms with Crippen molar-refractivity contribution in [2.24, 2.45) is 0 Å². The molecule has 0 spiro atoms. The Kier molecular flexibility index (Phi) is 5.52. The maximum absolute atomic E-state index is 13.5. The molecule has 0 heterocycles. The number of ether oxygens (including phenoxy) is 1. The number of halogens is 1. The van der Waals surface area contributed by atoms with Crippen LogP contribution in [0.15, 0.2) is 23.1 Å². The van der Waals surface area contributed by atoms with Crippen molar-refractivity contribution < 1.29 is 17.5 Å². The summed E-state index contributed by atoms with van der Waals surface area (Å²) in [5.41, 5.74) is 5.54. The lowest BCUT2D eigenvalue weighted by Crippen LogP contribution is -2.26. The van der Waals surface area contributed by atoms with Gasteiger partial charge < -0.3 is 10.5 Å². The van der Waals surface area contributed by atoms with E-state index < -0.39 is 20.7 Å². The Balaban J connectivity index is 2.63. The molecular weight excluding hydrogens is 259 g/mol. The predicted molar refractivity (Wildman–Crippen MR) is 67.1 cm³/mol. The SMILES string of the molecule is CCOCCCNS(=O)(=O)c1ccc(N)cc1F. The zero-order valence-corrected chi connectivity index (χ0v) is 11.0. The molecule has 0 aliphatic rings. The van der Waals surface area contributed by atoms with Crippen molar-refractivity contribution in [1.29, 1.82) is 0 Å². The molecule has 0 aliphatic carbocycles. The molecule has 0 radical (unpaired) electrons. The molecule has 0 amide bonds. The summed E-state index contributed by atoms with van der Waals surface area (Å²) >= 11 is 0. The lowest BCUT2D eigenvalue weighted by molar-refractivity contribution is 0.146. The Morgan fingerprint density at radius 2 is 2.17 bits per heavy atom. The molecule has 18 heavy (non-hydrogen) atoms. The second-order valence-corrected chi connectivity index (χ2v) is 5.37. The molecule has 7 heteroatoms. The predicted octanol–water partition coefficient (Wildman–Crippen LogP) is 1.11. The van der Waals surface area contributed by atoms with Gasteiger partial charge in [0.2, 0.25) is 10.0 Å². The van der Waals surface area contributed by atoms with Crippen molar-refractivity contribution in [2.45, 2.75) is 18.2 Å². The normalized spacial score (nSPS) is 11.7. The monoisotopic (exact) mass is 276 g/mol. The molecule has 0 saturated carbocycles. The van der Waals surface area contributed by atoms with Crippen LogP contribution in [0.3, 0.4) is 0 Å². The third-order valence-electron chi connectivity index (χ3n) is 2.21. The fourth-order valence-electron chi connectivity index (χ4n) is 1.34. The van der Waals surface area contributed by atoms with E-state index in [1.165, 1.54) is 6.07 Å². The van der Waals surface area contributed by atoms with Crippen LogP contribution in [-0.2, 0) is 14.8 Å². The van der Waals surface area contributed by atoms with E-state index in [2.05, 4.69) is 4.72 Å². The van der Waals surface area contributed by atoms with Crippen molar-refractivity contribution in [3.63, 3.8) is 0 Å². The van der Waals surface area contributed by atoms with Crippen molar-refractivity contribution >= 4 is 15.7 Å². The molecule has 3 N–H and O–H groups in total. The Morgan fingerprint density at radius 3 is 2.78 bits per heavy atom. The van der Waals surface area contributed by atoms with Gasteiger partial charge in [-0.05, 0) is 31.5 Å². The molecule has 1 aromatic carbocycles. The second kappa shape index (κ2) is 6.67. The number of anilines is 1. The van der Waals surface area contributed by atoms with E-state index in [0.717, 1.165) is 12.1 Å². The van der Waals surface area contributed by atoms with E-state index in [1.54, 1.807) is 0 Å². The van der Waals surface area contributed by atoms with Crippen LogP contribution in [0.5, 0.6) is 0 Å². The Labute approximate surface area is 106 Å². The molecule has 1 aromatic rings. The molecule has 0 atom stereocenters. The number of nitrogen functional groups attached to an aromatic ring is 1. The number of nitrogens with one attached hydrogen (secondary N) is 1. The first-order chi connectivity index (χ1) is 8.47. The van der Waals surface area contributed by atoms with Crippen molar-refractivity contribution in [3.05, 3.63) is 24.0 Å². The van der Waals surface area contributed by atoms with Gasteiger partial charge in [0.05, 0.1) is 0 Å². The summed E-state index contributed by atoms with van der Waals surface area (Å²) in [6, 6.07) is 3.47. The van der Waals surface area contributed by atoms with Crippen LogP contribution >= 0.6 is 0 Å². The summed E-state index contributed by atoms with van der Waals surface area (Å²) in [5, 5.41) is 0. The second-order valence-electron chi connectivity index (χ2n) is 3.64. The van der Waals surface area contributed by atoms with Crippen LogP contribution in [0.1, 0.15) is 13.3 Å². The van der Waals surface area contributed by atoms with Crippen LogP contribution in [0.25, 0.3) is 0 Å². The summed E-state index contributed by atoms with van der Waals surface area (Å²) in [7, 11) is -3.83. The number of sulfonamides is 1. The van der Waals surface area contributed by atoms with Gasteiger partial charge in [0.1, 0.15) is 10.7 Å². The molecule has 0 saturated heterocycles. The highest BCUT2D eigenvalue weighted by molar-refractivity contribution is 7.89. The highest BCUT2D eigenvalue weighted by Crippen LogP contribution is 2.16. The van der Waals surface area contributed by atoms with Crippen LogP contribution in [0.2, 0.25) is 0 Å². The Hall–Kier alpha value is -1.18. The first-order valence-electron chi connectivity index (χ1n) is 5.60. The number of rotatable bonds is 7. The first kappa shape index (κ1) is 14.9. The van der Waals surface area contributed by atoms with Crippen molar-refractivity contribution in [3.8, 4) is 0 Å². The van der Waals surface area contributed by atoms with Crippen molar-refractivity contribution in [1.82, 2.24) is 4.72 Å². The van der Waals surface area contributed by atoms with Gasteiger partial charge in [0.25, 0.3) is 0 Å². The average Bonchev–Trinajstić information content (AvgIpc) is 2.28. The van der Waals surface area contributed by atoms with Crippen molar-refractivity contribution in [2.75, 3.05) is 25.5 Å². The minimum absolute atomic E-state index is 0.183. The molecule has 0 bridgehead atoms. The largest absolute Gasteiger partial charge is 0.399 e. The summed E-state index contributed by atoms with van der Waals surface area (Å²) in [6.45, 7) is 3.10. The van der Waals surface area contributed by atoms with Crippen LogP contribution in [-0.4, -0.2) is 28.2 Å². The molecule has 0 aromatic heterocycles. The third-order valence-corrected chi connectivity index (χ3v) is 3.70. The maximum Gasteiger partial charge on any atom is 0.243 e. The van der Waals surface area contributed by atoms with Gasteiger partial charge in [-0.25, -0.2) is 17.5 Å². The Bertz CT molecular complexity index is 491. The topological polar surface area (TPSA) is 81.4 Å². The third kappa shape index (κ3) is 4.25. The van der Waals surface area contributed by atoms with E-state index >= 15 is 0 Å². The average molecular weight is 276 g/mol. The van der Waals surface area contributed by atoms with Crippen LogP contribution in [0, 0.1) is 5.82 Å². The minimum atomic E-state index is -3.83. The maximum atomic E-state index is 13.5. The van der Waals surface area contributed by atoms with Gasteiger partial charge in [0.15, 0.2) is 0 Å². The number of hydrogen-bond acceptors (Lipinski definition) is 4. The highest BCUT2D eigenvalue weighted by Gasteiger charge is 2.18. The number of benzene rings is 1. The number of hydrogen-bond donors (Lipinski definition) is 2. The summed E-state index contributed by atoms with van der Waals surface area (Å²) in [6.07, 6.45) is 0.531. The molecular formula is C11H17FN2O3S. The van der Waals surface area contributed by atoms with E-state index in [0.29, 0.717) is 19.6 Å². The number of nitrogens with two attached hydrogens (primary N) is 1. The first-order valence-corrected chi connectivity index (χ1v) is 7.08. The van der Waals surface area contributed by atoms with E-state index in [4.69, 9.17) is 10.5 Å². The molecule has 102 valence electrons. The van der Waals surface area contributed by atoms with Gasteiger partial charge in [0, 0.05) is 25.4 Å². The summed E-state index contributed by atoms with van der Waals surface area (Å²) in [4.78, 5) is -0.395. The zero-order chi connectivity index (χ0) is 13.6. The van der Waals surface area contributed by atoms with Gasteiger partial charge in [-0.1, -0.05) is 0 Å². The lowest BCUT2D eigenvalue weighted by Gasteiger charge is -2.08. The molecule has 1 rings (SSSR count). The van der Waals surface area contributed by atoms with Gasteiger partial charge in [-0.3, -0.25) is 0 Å². The molecule has 0 fully saturated rings. The van der Waals surface area contributed by atoms with Gasteiger partial charge >= 0.3 is 0 Å². The van der Waals surface area contributed by atoms with E-state index in [-0.39, 0.29) is 12.2 Å². The Morgan fingerprint density at radius 1 is 1.44 bits per heavy atom. The standard InChI is InChI=1S/C11H17FN2O3S/c1-2-17-7-3-6-14-18(15,16)11-5-4-9(13)8-10(11)12/h4-5,8,14H,2-3,6-7,13H2,1H3. The fraction of sp³-hybridized carbons (Fsp3) is 0.455. The van der Waals surface area contributed by atoms with E-state index in [1.807, 2.05) is 6.92 Å². The van der Waals surface area contributed by atoms with Crippen LogP contribution in [0.4, 0.5) is 10.1 Å². The lowest BCUT2D eigenvalue weighted by atomic mass is 10.3. The molecule has 5 nitrogen and oxygen atoms in total. The fourth-order valence-corrected chi connectivity index (χ4v) is 2.47. The smallest absolute Gasteiger partial charge is 0.243 e.